The highest BCUT2D eigenvalue weighted by Crippen LogP contribution is 2.28. The average molecular weight is 348 g/mol. The summed E-state index contributed by atoms with van der Waals surface area (Å²) in [6.07, 6.45) is 1.79. The molecule has 0 atom stereocenters. The van der Waals surface area contributed by atoms with Crippen LogP contribution >= 0.6 is 31.9 Å². The zero-order chi connectivity index (χ0) is 12.3. The minimum absolute atomic E-state index is 0.130. The first-order valence-electron chi connectivity index (χ1n) is 5.51. The van der Waals surface area contributed by atoms with Crippen LogP contribution in [0.1, 0.15) is 42.6 Å². The summed E-state index contributed by atoms with van der Waals surface area (Å²) >= 11 is 6.94. The Morgan fingerprint density at radius 3 is 2.25 bits per heavy atom. The van der Waals surface area contributed by atoms with Crippen molar-refractivity contribution in [2.45, 2.75) is 33.6 Å². The maximum Gasteiger partial charge on any atom is 0.167 e. The van der Waals surface area contributed by atoms with E-state index in [9.17, 15) is 4.79 Å². The van der Waals surface area contributed by atoms with Crippen LogP contribution in [-0.4, -0.2) is 5.78 Å². The summed E-state index contributed by atoms with van der Waals surface area (Å²) in [6.45, 7) is 6.13. The lowest BCUT2D eigenvalue weighted by atomic mass is 9.93. The molecular weight excluding hydrogens is 332 g/mol. The lowest BCUT2D eigenvalue weighted by Crippen LogP contribution is -2.13. The molecule has 0 fully saturated rings. The number of Topliss-reactive ketones (excluding diaryl/α,β-unsaturated/α-hetero) is 1. The molecule has 0 saturated carbocycles. The van der Waals surface area contributed by atoms with E-state index < -0.39 is 0 Å². The first-order valence-corrected chi connectivity index (χ1v) is 7.09. The molecular formula is C13H16Br2O. The monoisotopic (exact) mass is 346 g/mol. The first kappa shape index (κ1) is 13.9. The lowest BCUT2D eigenvalue weighted by molar-refractivity contribution is 0.0912. The molecule has 3 heteroatoms. The van der Waals surface area contributed by atoms with Crippen molar-refractivity contribution in [3.05, 3.63) is 32.2 Å². The van der Waals surface area contributed by atoms with E-state index in [0.717, 1.165) is 32.9 Å². The van der Waals surface area contributed by atoms with Crippen LogP contribution in [0.3, 0.4) is 0 Å². The van der Waals surface area contributed by atoms with Gasteiger partial charge in [0, 0.05) is 20.4 Å². The number of benzene rings is 1. The largest absolute Gasteiger partial charge is 0.294 e. The van der Waals surface area contributed by atoms with E-state index in [1.807, 2.05) is 19.1 Å². The third kappa shape index (κ3) is 2.95. The third-order valence-electron chi connectivity index (χ3n) is 2.87. The number of aryl methyl sites for hydroxylation is 1. The zero-order valence-corrected chi connectivity index (χ0v) is 13.0. The van der Waals surface area contributed by atoms with Gasteiger partial charge in [-0.1, -0.05) is 45.7 Å². The van der Waals surface area contributed by atoms with Gasteiger partial charge in [-0.2, -0.15) is 0 Å². The highest BCUT2D eigenvalue weighted by molar-refractivity contribution is 9.11. The maximum atomic E-state index is 12.2. The zero-order valence-electron chi connectivity index (χ0n) is 9.81. The Hall–Kier alpha value is -0.150. The molecule has 0 aromatic heterocycles. The Morgan fingerprint density at radius 2 is 1.75 bits per heavy atom. The maximum absolute atomic E-state index is 12.2. The van der Waals surface area contributed by atoms with Gasteiger partial charge in [-0.05, 0) is 37.5 Å². The van der Waals surface area contributed by atoms with Gasteiger partial charge in [-0.3, -0.25) is 4.79 Å². The van der Waals surface area contributed by atoms with Crippen LogP contribution < -0.4 is 0 Å². The van der Waals surface area contributed by atoms with Crippen LogP contribution in [0, 0.1) is 12.8 Å². The second-order valence-electron chi connectivity index (χ2n) is 3.96. The van der Waals surface area contributed by atoms with Gasteiger partial charge < -0.3 is 0 Å². The number of hydrogen-bond donors (Lipinski definition) is 0. The van der Waals surface area contributed by atoms with Crippen molar-refractivity contribution < 1.29 is 4.79 Å². The van der Waals surface area contributed by atoms with E-state index in [1.165, 1.54) is 0 Å². The number of carbonyl (C=O) groups is 1. The van der Waals surface area contributed by atoms with Crippen LogP contribution in [0.5, 0.6) is 0 Å². The van der Waals surface area contributed by atoms with E-state index in [-0.39, 0.29) is 11.7 Å². The van der Waals surface area contributed by atoms with Crippen molar-refractivity contribution in [2.75, 3.05) is 0 Å². The fraction of sp³-hybridized carbons (Fsp3) is 0.462. The Morgan fingerprint density at radius 1 is 1.19 bits per heavy atom. The molecule has 88 valence electrons. The molecule has 0 bridgehead atoms. The van der Waals surface area contributed by atoms with Crippen molar-refractivity contribution in [1.29, 1.82) is 0 Å². The Labute approximate surface area is 114 Å². The number of halogens is 2. The molecule has 0 saturated heterocycles. The summed E-state index contributed by atoms with van der Waals surface area (Å²) in [5.74, 6) is 0.364. The minimum Gasteiger partial charge on any atom is -0.294 e. The molecule has 0 N–H and O–H groups in total. The van der Waals surface area contributed by atoms with Crippen LogP contribution in [0.4, 0.5) is 0 Å². The average Bonchev–Trinajstić information content (AvgIpc) is 2.25. The topological polar surface area (TPSA) is 17.1 Å². The fourth-order valence-electron chi connectivity index (χ4n) is 1.71. The van der Waals surface area contributed by atoms with Crippen LogP contribution in [0.15, 0.2) is 21.1 Å². The third-order valence-corrected chi connectivity index (χ3v) is 4.38. The molecule has 0 aliphatic heterocycles. The van der Waals surface area contributed by atoms with Gasteiger partial charge in [-0.15, -0.1) is 0 Å². The molecule has 0 unspecified atom stereocenters. The summed E-state index contributed by atoms with van der Waals surface area (Å²) in [7, 11) is 0. The van der Waals surface area contributed by atoms with Crippen molar-refractivity contribution in [1.82, 2.24) is 0 Å². The molecule has 1 aromatic rings. The number of carbonyl (C=O) groups excluding carboxylic acids is 1. The van der Waals surface area contributed by atoms with Crippen LogP contribution in [0.25, 0.3) is 0 Å². The van der Waals surface area contributed by atoms with E-state index in [0.29, 0.717) is 0 Å². The second kappa shape index (κ2) is 5.97. The smallest absolute Gasteiger partial charge is 0.167 e. The molecule has 0 radical (unpaired) electrons. The summed E-state index contributed by atoms with van der Waals surface area (Å²) in [4.78, 5) is 12.2. The summed E-state index contributed by atoms with van der Waals surface area (Å²) in [5, 5.41) is 0. The minimum atomic E-state index is 0.130. The Balaban J connectivity index is 3.13. The highest BCUT2D eigenvalue weighted by atomic mass is 79.9. The van der Waals surface area contributed by atoms with Crippen molar-refractivity contribution in [2.24, 2.45) is 5.92 Å². The SMILES string of the molecule is CCC(CC)C(=O)c1cc(Br)c(C)cc1Br. The van der Waals surface area contributed by atoms with Gasteiger partial charge in [0.1, 0.15) is 0 Å². The van der Waals surface area contributed by atoms with Crippen molar-refractivity contribution in [3.8, 4) is 0 Å². The Bertz CT molecular complexity index is 395. The van der Waals surface area contributed by atoms with Gasteiger partial charge in [-0.25, -0.2) is 0 Å². The van der Waals surface area contributed by atoms with Gasteiger partial charge in [0.2, 0.25) is 0 Å². The molecule has 16 heavy (non-hydrogen) atoms. The summed E-state index contributed by atoms with van der Waals surface area (Å²) < 4.78 is 1.88. The molecule has 0 aliphatic rings. The number of ketones is 1. The highest BCUT2D eigenvalue weighted by Gasteiger charge is 2.19. The summed E-state index contributed by atoms with van der Waals surface area (Å²) in [5.41, 5.74) is 1.92. The molecule has 0 aliphatic carbocycles. The molecule has 0 heterocycles. The van der Waals surface area contributed by atoms with Crippen molar-refractivity contribution >= 4 is 37.6 Å². The van der Waals surface area contributed by atoms with Crippen LogP contribution in [-0.2, 0) is 0 Å². The van der Waals surface area contributed by atoms with Crippen molar-refractivity contribution in [3.63, 3.8) is 0 Å². The van der Waals surface area contributed by atoms with Gasteiger partial charge >= 0.3 is 0 Å². The molecule has 1 rings (SSSR count). The molecule has 0 amide bonds. The van der Waals surface area contributed by atoms with E-state index >= 15 is 0 Å². The van der Waals surface area contributed by atoms with Gasteiger partial charge in [0.15, 0.2) is 5.78 Å². The lowest BCUT2D eigenvalue weighted by Gasteiger charge is -2.13. The quantitative estimate of drug-likeness (QED) is 0.689. The Kier molecular flexibility index (Phi) is 5.19. The number of rotatable bonds is 4. The predicted molar refractivity (Wildman–Crippen MR) is 75.0 cm³/mol. The second-order valence-corrected chi connectivity index (χ2v) is 5.67. The molecule has 0 spiro atoms. The van der Waals surface area contributed by atoms with E-state index in [1.54, 1.807) is 0 Å². The van der Waals surface area contributed by atoms with Crippen LogP contribution in [0.2, 0.25) is 0 Å². The van der Waals surface area contributed by atoms with Gasteiger partial charge in [0.25, 0.3) is 0 Å². The standard InChI is InChI=1S/C13H16Br2O/c1-4-9(5-2)13(16)10-7-11(14)8(3)6-12(10)15/h6-7,9H,4-5H2,1-3H3. The fourth-order valence-corrected chi connectivity index (χ4v) is 2.71. The van der Waals surface area contributed by atoms with E-state index in [4.69, 9.17) is 0 Å². The summed E-state index contributed by atoms with van der Waals surface area (Å²) in [6, 6.07) is 3.90. The number of hydrogen-bond acceptors (Lipinski definition) is 1. The predicted octanol–water partition coefficient (Wildman–Crippen LogP) is 5.14. The van der Waals surface area contributed by atoms with E-state index in [2.05, 4.69) is 45.7 Å². The van der Waals surface area contributed by atoms with Gasteiger partial charge in [0.05, 0.1) is 0 Å². The normalized spacial score (nSPS) is 10.9. The molecule has 1 nitrogen and oxygen atoms in total. The first-order chi connectivity index (χ1) is 7.51. The molecule has 1 aromatic carbocycles.